The van der Waals surface area contributed by atoms with Crippen LogP contribution in [0.2, 0.25) is 0 Å². The molecule has 168 valence electrons. The first-order valence-electron chi connectivity index (χ1n) is 12.1. The maximum absolute atomic E-state index is 2.33. The van der Waals surface area contributed by atoms with Gasteiger partial charge in [0.15, 0.2) is 0 Å². The number of fused-ring (bicyclic) bond motifs is 3. The van der Waals surface area contributed by atoms with Crippen molar-refractivity contribution in [2.45, 2.75) is 67.2 Å². The summed E-state index contributed by atoms with van der Waals surface area (Å²) in [6.07, 6.45) is 7.72. The molecule has 2 aliphatic carbocycles. The van der Waals surface area contributed by atoms with Gasteiger partial charge in [0.1, 0.15) is 0 Å². The Bertz CT molecular complexity index is 1060. The van der Waals surface area contributed by atoms with Crippen molar-refractivity contribution in [3.05, 3.63) is 113 Å². The van der Waals surface area contributed by atoms with Gasteiger partial charge in [-0.15, -0.1) is 0 Å². The topological polar surface area (TPSA) is 0 Å². The molecule has 32 heavy (non-hydrogen) atoms. The Kier molecular flexibility index (Phi) is 9.27. The zero-order valence-corrected chi connectivity index (χ0v) is 21.3. The van der Waals surface area contributed by atoms with Crippen LogP contribution in [-0.2, 0) is 5.41 Å². The lowest BCUT2D eigenvalue weighted by Crippen LogP contribution is -2.14. The molecule has 0 N–H and O–H groups in total. The first kappa shape index (κ1) is 25.4. The molecule has 0 spiro atoms. The Labute approximate surface area is 196 Å². The van der Waals surface area contributed by atoms with Crippen LogP contribution in [0.5, 0.6) is 0 Å². The molecule has 0 heterocycles. The van der Waals surface area contributed by atoms with Crippen LogP contribution in [0, 0.1) is 13.8 Å². The van der Waals surface area contributed by atoms with Crippen LogP contribution >= 0.6 is 0 Å². The lowest BCUT2D eigenvalue weighted by atomic mass is 9.82. The van der Waals surface area contributed by atoms with Crippen molar-refractivity contribution in [1.29, 1.82) is 0 Å². The Morgan fingerprint density at radius 2 is 1.25 bits per heavy atom. The molecule has 0 bridgehead atoms. The van der Waals surface area contributed by atoms with Gasteiger partial charge in [0.2, 0.25) is 0 Å². The Morgan fingerprint density at radius 1 is 0.656 bits per heavy atom. The largest absolute Gasteiger partial charge is 0.0801 e. The van der Waals surface area contributed by atoms with E-state index in [1.807, 2.05) is 27.7 Å². The molecular weight excluding hydrogens is 384 g/mol. The SMILES string of the molecule is CC.CC.Cc1ccc(C2=CCC=C2)cc1.Cc1ccc2c(c1)C(C)(C)c1ccccc1-2. The van der Waals surface area contributed by atoms with Gasteiger partial charge in [-0.3, -0.25) is 0 Å². The second-order valence-corrected chi connectivity index (χ2v) is 8.38. The van der Waals surface area contributed by atoms with Crippen LogP contribution in [0.15, 0.2) is 85.0 Å². The predicted molar refractivity (Wildman–Crippen MR) is 144 cm³/mol. The van der Waals surface area contributed by atoms with E-state index in [9.17, 15) is 0 Å². The van der Waals surface area contributed by atoms with Crippen LogP contribution in [0.4, 0.5) is 0 Å². The highest BCUT2D eigenvalue weighted by Crippen LogP contribution is 2.48. The normalized spacial score (nSPS) is 13.8. The standard InChI is InChI=1S/C16H16.C12H12.2C2H6/c1-11-8-9-13-12-6-4-5-7-14(12)16(2,3)15(13)10-11;1-10-6-8-12(9-7-10)11-4-2-3-5-11;2*1-2/h4-10H,1-3H3;2,4-9H,3H2,1H3;2*1-2H3. The fourth-order valence-corrected chi connectivity index (χ4v) is 4.24. The van der Waals surface area contributed by atoms with E-state index >= 15 is 0 Å². The molecule has 0 saturated carbocycles. The zero-order valence-electron chi connectivity index (χ0n) is 21.3. The van der Waals surface area contributed by atoms with Gasteiger partial charge >= 0.3 is 0 Å². The van der Waals surface area contributed by atoms with Gasteiger partial charge in [-0.1, -0.05) is 138 Å². The highest BCUT2D eigenvalue weighted by Gasteiger charge is 2.34. The summed E-state index contributed by atoms with van der Waals surface area (Å²) >= 11 is 0. The third-order valence-electron chi connectivity index (χ3n) is 5.90. The summed E-state index contributed by atoms with van der Waals surface area (Å²) in [4.78, 5) is 0. The molecular formula is C32H40. The van der Waals surface area contributed by atoms with E-state index in [1.165, 1.54) is 44.5 Å². The van der Waals surface area contributed by atoms with Gasteiger partial charge in [-0.25, -0.2) is 0 Å². The maximum Gasteiger partial charge on any atom is 0.0158 e. The minimum absolute atomic E-state index is 0.151. The highest BCUT2D eigenvalue weighted by atomic mass is 14.4. The van der Waals surface area contributed by atoms with Gasteiger partial charge in [0.25, 0.3) is 0 Å². The third-order valence-corrected chi connectivity index (χ3v) is 5.90. The number of hydrogen-bond donors (Lipinski definition) is 0. The number of allylic oxidation sites excluding steroid dienone is 4. The predicted octanol–water partition coefficient (Wildman–Crippen LogP) is 9.69. The Morgan fingerprint density at radius 3 is 1.88 bits per heavy atom. The highest BCUT2D eigenvalue weighted by molar-refractivity contribution is 5.80. The average Bonchev–Trinajstić information content (AvgIpc) is 3.44. The van der Waals surface area contributed by atoms with Crippen molar-refractivity contribution in [3.8, 4) is 11.1 Å². The minimum atomic E-state index is 0.151. The second-order valence-electron chi connectivity index (χ2n) is 8.38. The quantitative estimate of drug-likeness (QED) is 0.364. The van der Waals surface area contributed by atoms with Crippen molar-refractivity contribution < 1.29 is 0 Å². The summed E-state index contributed by atoms with van der Waals surface area (Å²) in [7, 11) is 0. The average molecular weight is 425 g/mol. The fourth-order valence-electron chi connectivity index (χ4n) is 4.24. The lowest BCUT2D eigenvalue weighted by molar-refractivity contribution is 0.660. The first-order valence-corrected chi connectivity index (χ1v) is 12.1. The fraction of sp³-hybridized carbons (Fsp3) is 0.312. The number of rotatable bonds is 1. The molecule has 0 aliphatic heterocycles. The van der Waals surface area contributed by atoms with Gasteiger partial charge in [-0.2, -0.15) is 0 Å². The van der Waals surface area contributed by atoms with E-state index in [0.717, 1.165) is 6.42 Å². The molecule has 0 unspecified atom stereocenters. The molecule has 0 amide bonds. The summed E-state index contributed by atoms with van der Waals surface area (Å²) in [5, 5.41) is 0. The third kappa shape index (κ3) is 5.49. The Balaban J connectivity index is 0.000000203. The lowest BCUT2D eigenvalue weighted by Gasteiger charge is -2.21. The molecule has 0 atom stereocenters. The monoisotopic (exact) mass is 424 g/mol. The van der Waals surface area contributed by atoms with E-state index < -0.39 is 0 Å². The summed E-state index contributed by atoms with van der Waals surface area (Å²) in [5.74, 6) is 0. The molecule has 0 saturated heterocycles. The molecule has 5 rings (SSSR count). The number of benzene rings is 3. The molecule has 0 heteroatoms. The van der Waals surface area contributed by atoms with E-state index in [0.29, 0.717) is 0 Å². The second kappa shape index (κ2) is 11.7. The molecule has 0 nitrogen and oxygen atoms in total. The summed E-state index contributed by atoms with van der Waals surface area (Å²) in [6, 6.07) is 24.2. The van der Waals surface area contributed by atoms with Crippen LogP contribution < -0.4 is 0 Å². The van der Waals surface area contributed by atoms with Gasteiger partial charge < -0.3 is 0 Å². The van der Waals surface area contributed by atoms with E-state index in [1.54, 1.807) is 0 Å². The number of aryl methyl sites for hydroxylation is 2. The summed E-state index contributed by atoms with van der Waals surface area (Å²) < 4.78 is 0. The van der Waals surface area contributed by atoms with Crippen LogP contribution in [0.25, 0.3) is 16.7 Å². The summed E-state index contributed by atoms with van der Waals surface area (Å²) in [5.41, 5.74) is 11.2. The molecule has 2 aliphatic rings. The number of hydrogen-bond acceptors (Lipinski definition) is 0. The van der Waals surface area contributed by atoms with Crippen molar-refractivity contribution >= 4 is 5.57 Å². The van der Waals surface area contributed by atoms with Crippen LogP contribution in [0.3, 0.4) is 0 Å². The van der Waals surface area contributed by atoms with Crippen molar-refractivity contribution in [2.75, 3.05) is 0 Å². The van der Waals surface area contributed by atoms with Gasteiger partial charge in [0.05, 0.1) is 0 Å². The van der Waals surface area contributed by atoms with Gasteiger partial charge in [0, 0.05) is 5.41 Å². The Hall–Kier alpha value is -2.86. The summed E-state index contributed by atoms with van der Waals surface area (Å²) in [6.45, 7) is 16.9. The molecule has 0 radical (unpaired) electrons. The maximum atomic E-state index is 2.33. The molecule has 0 aromatic heterocycles. The smallest absolute Gasteiger partial charge is 0.0158 e. The van der Waals surface area contributed by atoms with E-state index in [2.05, 4.69) is 113 Å². The van der Waals surface area contributed by atoms with Crippen molar-refractivity contribution in [2.24, 2.45) is 0 Å². The zero-order chi connectivity index (χ0) is 23.7. The van der Waals surface area contributed by atoms with Crippen molar-refractivity contribution in [1.82, 2.24) is 0 Å². The molecule has 0 fully saturated rings. The van der Waals surface area contributed by atoms with Crippen LogP contribution in [0.1, 0.15) is 75.8 Å². The van der Waals surface area contributed by atoms with Crippen molar-refractivity contribution in [3.63, 3.8) is 0 Å². The molecule has 3 aromatic rings. The molecule has 3 aromatic carbocycles. The van der Waals surface area contributed by atoms with E-state index in [4.69, 9.17) is 0 Å². The minimum Gasteiger partial charge on any atom is -0.0801 e. The first-order chi connectivity index (χ1) is 15.5. The van der Waals surface area contributed by atoms with Crippen LogP contribution in [-0.4, -0.2) is 0 Å². The van der Waals surface area contributed by atoms with E-state index in [-0.39, 0.29) is 5.41 Å². The van der Waals surface area contributed by atoms with Gasteiger partial charge in [-0.05, 0) is 53.7 Å².